The van der Waals surface area contributed by atoms with E-state index in [4.69, 9.17) is 21.1 Å². The second-order valence-electron chi connectivity index (χ2n) is 5.23. The maximum absolute atomic E-state index is 6.40. The molecule has 0 N–H and O–H groups in total. The largest absolute Gasteiger partial charge is 0.490 e. The fourth-order valence-electron chi connectivity index (χ4n) is 2.50. The number of halogens is 1. The van der Waals surface area contributed by atoms with Crippen molar-refractivity contribution in [2.45, 2.75) is 51.3 Å². The van der Waals surface area contributed by atoms with Crippen LogP contribution < -0.4 is 9.47 Å². The lowest BCUT2D eigenvalue weighted by molar-refractivity contribution is 0.268. The first kappa shape index (κ1) is 14.5. The number of ether oxygens (including phenoxy) is 2. The van der Waals surface area contributed by atoms with E-state index in [9.17, 15) is 0 Å². The molecule has 1 aliphatic carbocycles. The van der Waals surface area contributed by atoms with Gasteiger partial charge in [0.2, 0.25) is 0 Å². The van der Waals surface area contributed by atoms with Crippen LogP contribution in [-0.4, -0.2) is 13.2 Å². The highest BCUT2D eigenvalue weighted by Gasteiger charge is 2.28. The Bertz CT molecular complexity index is 392. The third-order valence-corrected chi connectivity index (χ3v) is 3.91. The molecule has 0 saturated heterocycles. The summed E-state index contributed by atoms with van der Waals surface area (Å²) in [7, 11) is 0. The molecule has 2 rings (SSSR count). The van der Waals surface area contributed by atoms with E-state index in [1.54, 1.807) is 0 Å². The topological polar surface area (TPSA) is 18.5 Å². The zero-order valence-electron chi connectivity index (χ0n) is 12.0. The predicted octanol–water partition coefficient (Wildman–Crippen LogP) is 5.05. The van der Waals surface area contributed by atoms with Gasteiger partial charge in [-0.1, -0.05) is 20.8 Å². The molecule has 0 radical (unpaired) electrons. The molecule has 0 amide bonds. The fraction of sp³-hybridized carbons (Fsp3) is 0.625. The first-order valence-corrected chi connectivity index (χ1v) is 7.68. The van der Waals surface area contributed by atoms with Gasteiger partial charge in [0, 0.05) is 0 Å². The molecule has 0 spiro atoms. The van der Waals surface area contributed by atoms with Crippen LogP contribution in [0.15, 0.2) is 12.1 Å². The van der Waals surface area contributed by atoms with Crippen LogP contribution in [0.4, 0.5) is 0 Å². The van der Waals surface area contributed by atoms with Gasteiger partial charge in [-0.2, -0.15) is 0 Å². The Balaban J connectivity index is 2.31. The van der Waals surface area contributed by atoms with E-state index in [2.05, 4.69) is 32.9 Å². The molecule has 0 fully saturated rings. The Morgan fingerprint density at radius 2 is 1.58 bits per heavy atom. The van der Waals surface area contributed by atoms with Gasteiger partial charge in [0.15, 0.2) is 11.5 Å². The number of alkyl halides is 1. The summed E-state index contributed by atoms with van der Waals surface area (Å²) < 4.78 is 11.6. The molecule has 2 unspecified atom stereocenters. The number of rotatable bonds is 6. The van der Waals surface area contributed by atoms with Gasteiger partial charge in [-0.15, -0.1) is 11.6 Å². The molecule has 0 aliphatic heterocycles. The normalized spacial score (nSPS) is 21.3. The molecule has 1 aliphatic rings. The van der Waals surface area contributed by atoms with E-state index in [0.29, 0.717) is 12.5 Å². The molecular weight excluding hydrogens is 260 g/mol. The fourth-order valence-corrected chi connectivity index (χ4v) is 2.96. The van der Waals surface area contributed by atoms with Crippen LogP contribution in [0.5, 0.6) is 11.5 Å². The van der Waals surface area contributed by atoms with E-state index in [0.717, 1.165) is 37.4 Å². The van der Waals surface area contributed by atoms with E-state index >= 15 is 0 Å². The standard InChI is InChI=1S/C16H23ClO2/c1-4-6-18-15-9-12-11(3)8-14(17)13(12)10-16(15)19-7-5-2/h9-11,14H,4-8H2,1-3H3. The van der Waals surface area contributed by atoms with Crippen molar-refractivity contribution < 1.29 is 9.47 Å². The lowest BCUT2D eigenvalue weighted by Gasteiger charge is -2.15. The quantitative estimate of drug-likeness (QED) is 0.680. The molecule has 2 atom stereocenters. The van der Waals surface area contributed by atoms with Crippen molar-refractivity contribution in [2.24, 2.45) is 0 Å². The van der Waals surface area contributed by atoms with Crippen molar-refractivity contribution >= 4 is 11.6 Å². The lowest BCUT2D eigenvalue weighted by atomic mass is 10.0. The summed E-state index contributed by atoms with van der Waals surface area (Å²) in [6.07, 6.45) is 2.99. The van der Waals surface area contributed by atoms with Gasteiger partial charge in [0.1, 0.15) is 0 Å². The monoisotopic (exact) mass is 282 g/mol. The van der Waals surface area contributed by atoms with Crippen LogP contribution >= 0.6 is 11.6 Å². The Morgan fingerprint density at radius 1 is 1.05 bits per heavy atom. The molecule has 0 aromatic heterocycles. The van der Waals surface area contributed by atoms with Crippen molar-refractivity contribution in [1.29, 1.82) is 0 Å². The number of fused-ring (bicyclic) bond motifs is 1. The van der Waals surface area contributed by atoms with Gasteiger partial charge in [-0.05, 0) is 48.4 Å². The van der Waals surface area contributed by atoms with Crippen LogP contribution in [0, 0.1) is 0 Å². The molecule has 0 bridgehead atoms. The Kier molecular flexibility index (Phi) is 4.98. The number of hydrogen-bond acceptors (Lipinski definition) is 2. The third kappa shape index (κ3) is 3.17. The first-order chi connectivity index (χ1) is 9.17. The van der Waals surface area contributed by atoms with E-state index in [1.807, 2.05) is 0 Å². The summed E-state index contributed by atoms with van der Waals surface area (Å²) in [6, 6.07) is 4.21. The maximum atomic E-state index is 6.40. The Morgan fingerprint density at radius 3 is 2.11 bits per heavy atom. The van der Waals surface area contributed by atoms with Crippen molar-refractivity contribution in [2.75, 3.05) is 13.2 Å². The molecule has 0 heterocycles. The van der Waals surface area contributed by atoms with Gasteiger partial charge >= 0.3 is 0 Å². The summed E-state index contributed by atoms with van der Waals surface area (Å²) in [4.78, 5) is 0. The zero-order valence-corrected chi connectivity index (χ0v) is 12.8. The predicted molar refractivity (Wildman–Crippen MR) is 79.6 cm³/mol. The minimum absolute atomic E-state index is 0.106. The van der Waals surface area contributed by atoms with Crippen molar-refractivity contribution in [3.8, 4) is 11.5 Å². The first-order valence-electron chi connectivity index (χ1n) is 7.24. The van der Waals surface area contributed by atoms with Gasteiger partial charge in [0.05, 0.1) is 18.6 Å². The second kappa shape index (κ2) is 6.51. The third-order valence-electron chi connectivity index (χ3n) is 3.50. The molecule has 2 nitrogen and oxygen atoms in total. The highest BCUT2D eigenvalue weighted by molar-refractivity contribution is 6.21. The van der Waals surface area contributed by atoms with Gasteiger partial charge in [0.25, 0.3) is 0 Å². The SMILES string of the molecule is CCCOc1cc2c(cc1OCCC)C(Cl)CC2C. The smallest absolute Gasteiger partial charge is 0.161 e. The van der Waals surface area contributed by atoms with Crippen LogP contribution in [0.3, 0.4) is 0 Å². The molecular formula is C16H23ClO2. The van der Waals surface area contributed by atoms with Crippen LogP contribution in [0.1, 0.15) is 62.5 Å². The van der Waals surface area contributed by atoms with Gasteiger partial charge < -0.3 is 9.47 Å². The van der Waals surface area contributed by atoms with Crippen LogP contribution in [0.25, 0.3) is 0 Å². The second-order valence-corrected chi connectivity index (χ2v) is 5.76. The average Bonchev–Trinajstić information content (AvgIpc) is 2.68. The van der Waals surface area contributed by atoms with Gasteiger partial charge in [-0.25, -0.2) is 0 Å². The van der Waals surface area contributed by atoms with E-state index < -0.39 is 0 Å². The minimum Gasteiger partial charge on any atom is -0.490 e. The summed E-state index contributed by atoms with van der Waals surface area (Å²) in [6.45, 7) is 7.87. The molecule has 106 valence electrons. The van der Waals surface area contributed by atoms with Gasteiger partial charge in [-0.3, -0.25) is 0 Å². The summed E-state index contributed by atoms with van der Waals surface area (Å²) in [5, 5.41) is 0.106. The van der Waals surface area contributed by atoms with Crippen LogP contribution in [0.2, 0.25) is 0 Å². The average molecular weight is 283 g/mol. The molecule has 1 aromatic rings. The highest BCUT2D eigenvalue weighted by Crippen LogP contribution is 2.47. The van der Waals surface area contributed by atoms with Crippen molar-refractivity contribution in [1.82, 2.24) is 0 Å². The highest BCUT2D eigenvalue weighted by atomic mass is 35.5. The Labute approximate surface area is 121 Å². The van der Waals surface area contributed by atoms with Crippen molar-refractivity contribution in [3.63, 3.8) is 0 Å². The van der Waals surface area contributed by atoms with Crippen LogP contribution in [-0.2, 0) is 0 Å². The summed E-state index contributed by atoms with van der Waals surface area (Å²) in [5.74, 6) is 2.21. The molecule has 19 heavy (non-hydrogen) atoms. The Hall–Kier alpha value is -0.890. The van der Waals surface area contributed by atoms with E-state index in [-0.39, 0.29) is 5.38 Å². The zero-order chi connectivity index (χ0) is 13.8. The lowest BCUT2D eigenvalue weighted by Crippen LogP contribution is -2.03. The molecule has 0 saturated carbocycles. The number of hydrogen-bond donors (Lipinski definition) is 0. The summed E-state index contributed by atoms with van der Waals surface area (Å²) >= 11 is 6.40. The maximum Gasteiger partial charge on any atom is 0.161 e. The van der Waals surface area contributed by atoms with Crippen molar-refractivity contribution in [3.05, 3.63) is 23.3 Å². The van der Waals surface area contributed by atoms with E-state index in [1.165, 1.54) is 11.1 Å². The summed E-state index contributed by atoms with van der Waals surface area (Å²) in [5.41, 5.74) is 2.53. The molecule has 1 aromatic carbocycles. The minimum atomic E-state index is 0.106. The molecule has 3 heteroatoms. The number of benzene rings is 1.